The molecule has 6 nitrogen and oxygen atoms in total. The molecule has 0 fully saturated rings. The van der Waals surface area contributed by atoms with Gasteiger partial charge in [-0.3, -0.25) is 4.99 Å². The van der Waals surface area contributed by atoms with Crippen LogP contribution in [0, 0.1) is 0 Å². The molecule has 2 aromatic rings. The number of halogens is 2. The Morgan fingerprint density at radius 3 is 2.45 bits per heavy atom. The van der Waals surface area contributed by atoms with Crippen molar-refractivity contribution in [2.75, 3.05) is 33.9 Å². The number of rotatable bonds is 10. The molecule has 0 saturated heterocycles. The number of hydrogen-bond acceptors (Lipinski definition) is 4. The van der Waals surface area contributed by atoms with E-state index in [0.29, 0.717) is 48.6 Å². The first kappa shape index (κ1) is 25.2. The molecule has 0 atom stereocenters. The van der Waals surface area contributed by atoms with Crippen molar-refractivity contribution in [3.63, 3.8) is 0 Å². The summed E-state index contributed by atoms with van der Waals surface area (Å²) >= 11 is 6.08. The van der Waals surface area contributed by atoms with Crippen molar-refractivity contribution in [1.82, 2.24) is 5.32 Å². The smallest absolute Gasteiger partial charge is 0.188 e. The van der Waals surface area contributed by atoms with E-state index < -0.39 is 0 Å². The Morgan fingerprint density at radius 2 is 1.76 bits per heavy atom. The number of nitrogens with one attached hydrogen (secondary N) is 1. The molecule has 0 aliphatic carbocycles. The Labute approximate surface area is 194 Å². The van der Waals surface area contributed by atoms with E-state index in [-0.39, 0.29) is 24.0 Å². The van der Waals surface area contributed by atoms with E-state index in [2.05, 4.69) is 10.3 Å². The van der Waals surface area contributed by atoms with E-state index in [1.54, 1.807) is 14.2 Å². The van der Waals surface area contributed by atoms with Crippen molar-refractivity contribution in [3.8, 4) is 17.2 Å². The van der Waals surface area contributed by atoms with Crippen LogP contribution in [0.4, 0.5) is 0 Å². The highest BCUT2D eigenvalue weighted by Crippen LogP contribution is 2.27. The van der Waals surface area contributed by atoms with Gasteiger partial charge in [0, 0.05) is 18.1 Å². The Kier molecular flexibility index (Phi) is 11.6. The Morgan fingerprint density at radius 1 is 1.03 bits per heavy atom. The second-order valence-corrected chi connectivity index (χ2v) is 6.50. The number of nitrogens with zero attached hydrogens (tertiary/aromatic N) is 1. The summed E-state index contributed by atoms with van der Waals surface area (Å²) in [4.78, 5) is 4.38. The number of guanidine groups is 1. The average molecular weight is 534 g/mol. The number of ether oxygens (including phenoxy) is 3. The zero-order valence-corrected chi connectivity index (χ0v) is 20.1. The van der Waals surface area contributed by atoms with Gasteiger partial charge in [0.05, 0.1) is 20.8 Å². The molecule has 2 rings (SSSR count). The minimum Gasteiger partial charge on any atom is -0.494 e. The summed E-state index contributed by atoms with van der Waals surface area (Å²) < 4.78 is 16.2. The minimum atomic E-state index is 0. The third-order valence-corrected chi connectivity index (χ3v) is 4.39. The number of nitrogens with two attached hydrogens (primary N) is 1. The molecule has 0 aliphatic rings. The maximum absolute atomic E-state index is 6.08. The SMILES string of the molecule is CCOc1ccc(Cl)cc1CCN=C(N)NCCc1ccc(OC)c(OC)c1.I. The molecule has 0 aromatic heterocycles. The fourth-order valence-electron chi connectivity index (χ4n) is 2.76. The molecule has 8 heteroatoms. The quantitative estimate of drug-likeness (QED) is 0.274. The number of benzene rings is 2. The Hall–Kier alpha value is -1.87. The number of methoxy groups -OCH3 is 2. The summed E-state index contributed by atoms with van der Waals surface area (Å²) in [7, 11) is 3.25. The third kappa shape index (κ3) is 8.18. The summed E-state index contributed by atoms with van der Waals surface area (Å²) in [5.41, 5.74) is 8.11. The standard InChI is InChI=1S/C21H28ClN3O3.HI/c1-4-28-18-8-6-17(22)14-16(18)10-12-25-21(23)24-11-9-15-5-7-19(26-2)20(13-15)27-3;/h5-8,13-14H,4,9-12H2,1-3H3,(H3,23,24,25);1H. The molecular formula is C21H29ClIN3O3. The first-order valence-electron chi connectivity index (χ1n) is 9.23. The maximum atomic E-state index is 6.08. The second kappa shape index (κ2) is 13.4. The zero-order valence-electron chi connectivity index (χ0n) is 17.0. The largest absolute Gasteiger partial charge is 0.494 e. The predicted molar refractivity (Wildman–Crippen MR) is 129 cm³/mol. The first-order chi connectivity index (χ1) is 13.6. The van der Waals surface area contributed by atoms with Crippen LogP contribution in [0.5, 0.6) is 17.2 Å². The van der Waals surface area contributed by atoms with Gasteiger partial charge in [-0.15, -0.1) is 24.0 Å². The molecule has 0 aliphatic heterocycles. The minimum absolute atomic E-state index is 0. The Balaban J connectivity index is 0.00000420. The fraction of sp³-hybridized carbons (Fsp3) is 0.381. The molecular weight excluding hydrogens is 505 g/mol. The van der Waals surface area contributed by atoms with Crippen molar-refractivity contribution in [3.05, 3.63) is 52.5 Å². The van der Waals surface area contributed by atoms with Crippen LogP contribution in [0.3, 0.4) is 0 Å². The predicted octanol–water partition coefficient (Wildman–Crippen LogP) is 4.06. The second-order valence-electron chi connectivity index (χ2n) is 6.07. The molecule has 0 unspecified atom stereocenters. The Bertz CT molecular complexity index is 803. The van der Waals surface area contributed by atoms with E-state index in [1.165, 1.54) is 0 Å². The zero-order chi connectivity index (χ0) is 20.4. The van der Waals surface area contributed by atoms with Gasteiger partial charge in [-0.05, 0) is 61.2 Å². The van der Waals surface area contributed by atoms with Gasteiger partial charge >= 0.3 is 0 Å². The van der Waals surface area contributed by atoms with Crippen molar-refractivity contribution >= 4 is 41.5 Å². The van der Waals surface area contributed by atoms with Crippen molar-refractivity contribution < 1.29 is 14.2 Å². The van der Waals surface area contributed by atoms with Crippen molar-refractivity contribution in [2.45, 2.75) is 19.8 Å². The fourth-order valence-corrected chi connectivity index (χ4v) is 2.96. The number of aliphatic imine (C=N–C) groups is 1. The van der Waals surface area contributed by atoms with Crippen LogP contribution in [0.2, 0.25) is 5.02 Å². The lowest BCUT2D eigenvalue weighted by atomic mass is 10.1. The monoisotopic (exact) mass is 533 g/mol. The normalized spacial score (nSPS) is 10.8. The van der Waals surface area contributed by atoms with E-state index in [4.69, 9.17) is 31.5 Å². The first-order valence-corrected chi connectivity index (χ1v) is 9.61. The summed E-state index contributed by atoms with van der Waals surface area (Å²) in [6.45, 7) is 3.79. The lowest BCUT2D eigenvalue weighted by Gasteiger charge is -2.11. The van der Waals surface area contributed by atoms with Gasteiger partial charge in [0.1, 0.15) is 5.75 Å². The highest BCUT2D eigenvalue weighted by molar-refractivity contribution is 14.0. The van der Waals surface area contributed by atoms with Crippen molar-refractivity contribution in [1.29, 1.82) is 0 Å². The summed E-state index contributed by atoms with van der Waals surface area (Å²) in [5, 5.41) is 3.82. The van der Waals surface area contributed by atoms with Crippen LogP contribution in [0.1, 0.15) is 18.1 Å². The van der Waals surface area contributed by atoms with Gasteiger partial charge in [-0.1, -0.05) is 17.7 Å². The maximum Gasteiger partial charge on any atom is 0.188 e. The molecule has 2 aromatic carbocycles. The molecule has 0 radical (unpaired) electrons. The lowest BCUT2D eigenvalue weighted by molar-refractivity contribution is 0.336. The molecule has 0 heterocycles. The van der Waals surface area contributed by atoms with Gasteiger partial charge < -0.3 is 25.3 Å². The van der Waals surface area contributed by atoms with Gasteiger partial charge in [0.2, 0.25) is 0 Å². The summed E-state index contributed by atoms with van der Waals surface area (Å²) in [6.07, 6.45) is 1.49. The van der Waals surface area contributed by atoms with E-state index in [9.17, 15) is 0 Å². The molecule has 29 heavy (non-hydrogen) atoms. The lowest BCUT2D eigenvalue weighted by Crippen LogP contribution is -2.33. The topological polar surface area (TPSA) is 78.1 Å². The highest BCUT2D eigenvalue weighted by atomic mass is 127. The van der Waals surface area contributed by atoms with Crippen LogP contribution in [0.15, 0.2) is 41.4 Å². The number of hydrogen-bond donors (Lipinski definition) is 2. The molecule has 0 saturated carbocycles. The third-order valence-electron chi connectivity index (χ3n) is 4.15. The van der Waals surface area contributed by atoms with Crippen LogP contribution in [0.25, 0.3) is 0 Å². The van der Waals surface area contributed by atoms with Crippen molar-refractivity contribution in [2.24, 2.45) is 10.7 Å². The summed E-state index contributed by atoms with van der Waals surface area (Å²) in [6, 6.07) is 11.5. The van der Waals surface area contributed by atoms with E-state index in [1.807, 2.05) is 43.3 Å². The van der Waals surface area contributed by atoms with Crippen LogP contribution in [-0.2, 0) is 12.8 Å². The van der Waals surface area contributed by atoms with Crippen LogP contribution >= 0.6 is 35.6 Å². The van der Waals surface area contributed by atoms with E-state index in [0.717, 1.165) is 23.3 Å². The van der Waals surface area contributed by atoms with Gasteiger partial charge in [-0.2, -0.15) is 0 Å². The molecule has 0 amide bonds. The van der Waals surface area contributed by atoms with E-state index >= 15 is 0 Å². The highest BCUT2D eigenvalue weighted by Gasteiger charge is 2.06. The van der Waals surface area contributed by atoms with Crippen LogP contribution in [-0.4, -0.2) is 39.9 Å². The molecule has 160 valence electrons. The van der Waals surface area contributed by atoms with Gasteiger partial charge in [0.15, 0.2) is 17.5 Å². The summed E-state index contributed by atoms with van der Waals surface area (Å²) in [5.74, 6) is 2.68. The van der Waals surface area contributed by atoms with Gasteiger partial charge in [0.25, 0.3) is 0 Å². The molecule has 3 N–H and O–H groups in total. The molecule has 0 spiro atoms. The van der Waals surface area contributed by atoms with Gasteiger partial charge in [-0.25, -0.2) is 0 Å². The molecule has 0 bridgehead atoms. The average Bonchev–Trinajstić information content (AvgIpc) is 2.70. The van der Waals surface area contributed by atoms with Crippen LogP contribution < -0.4 is 25.3 Å².